The highest BCUT2D eigenvalue weighted by Crippen LogP contribution is 2.45. The molecule has 7 nitrogen and oxygen atoms in total. The third kappa shape index (κ3) is 5.21. The number of hydrogen-bond acceptors (Lipinski definition) is 5. The number of hydrogen-bond donors (Lipinski definition) is 0. The average Bonchev–Trinajstić information content (AvgIpc) is 3.06. The Morgan fingerprint density at radius 3 is 2.21 bits per heavy atom. The van der Waals surface area contributed by atoms with E-state index in [1.807, 2.05) is 45.0 Å². The standard InChI is InChI=1S/C25H40N2O5Si/c1-23(2,3)31-22(29)27-16-20(32-33(8,9)24(4,5)6)14-25(27)17-26(21(25)28)15-18-10-12-19(30-7)13-11-18/h10-13,20H,14-17H2,1-9H3/t20-,25-/m1/s1. The van der Waals surface area contributed by atoms with Crippen molar-refractivity contribution in [2.45, 2.75) is 89.9 Å². The zero-order chi connectivity index (χ0) is 24.8. The molecule has 2 heterocycles. The topological polar surface area (TPSA) is 68.3 Å². The van der Waals surface area contributed by atoms with Crippen LogP contribution in [0.3, 0.4) is 0 Å². The van der Waals surface area contributed by atoms with Gasteiger partial charge in [0.05, 0.1) is 26.3 Å². The van der Waals surface area contributed by atoms with Gasteiger partial charge in [0.15, 0.2) is 8.32 Å². The Labute approximate surface area is 199 Å². The second kappa shape index (κ2) is 8.62. The van der Waals surface area contributed by atoms with Crippen molar-refractivity contribution in [3.8, 4) is 5.75 Å². The summed E-state index contributed by atoms with van der Waals surface area (Å²) in [5.41, 5.74) is -0.497. The van der Waals surface area contributed by atoms with E-state index >= 15 is 0 Å². The van der Waals surface area contributed by atoms with Gasteiger partial charge in [0, 0.05) is 13.0 Å². The number of benzene rings is 1. The summed E-state index contributed by atoms with van der Waals surface area (Å²) in [6.45, 7) is 17.9. The monoisotopic (exact) mass is 476 g/mol. The fourth-order valence-corrected chi connectivity index (χ4v) is 5.60. The highest BCUT2D eigenvalue weighted by molar-refractivity contribution is 6.74. The number of carbonyl (C=O) groups excluding carboxylic acids is 2. The van der Waals surface area contributed by atoms with Crippen molar-refractivity contribution in [2.24, 2.45) is 0 Å². The van der Waals surface area contributed by atoms with Crippen molar-refractivity contribution >= 4 is 20.3 Å². The van der Waals surface area contributed by atoms with E-state index in [-0.39, 0.29) is 17.0 Å². The van der Waals surface area contributed by atoms with Crippen molar-refractivity contribution in [1.82, 2.24) is 9.80 Å². The maximum absolute atomic E-state index is 13.5. The van der Waals surface area contributed by atoms with Gasteiger partial charge in [0.1, 0.15) is 16.9 Å². The smallest absolute Gasteiger partial charge is 0.411 e. The predicted molar refractivity (Wildman–Crippen MR) is 131 cm³/mol. The highest BCUT2D eigenvalue weighted by Gasteiger charge is 2.63. The summed E-state index contributed by atoms with van der Waals surface area (Å²) in [5.74, 6) is 0.744. The van der Waals surface area contributed by atoms with E-state index in [1.165, 1.54) is 0 Å². The van der Waals surface area contributed by atoms with Crippen molar-refractivity contribution < 1.29 is 23.5 Å². The molecule has 2 atom stereocenters. The van der Waals surface area contributed by atoms with Gasteiger partial charge < -0.3 is 18.8 Å². The van der Waals surface area contributed by atoms with Crippen LogP contribution in [0, 0.1) is 0 Å². The minimum Gasteiger partial charge on any atom is -0.497 e. The molecule has 0 radical (unpaired) electrons. The molecule has 2 aliphatic rings. The number of amides is 2. The molecule has 184 valence electrons. The molecule has 2 amide bonds. The lowest BCUT2D eigenvalue weighted by atomic mass is 9.85. The van der Waals surface area contributed by atoms with E-state index in [0.717, 1.165) is 11.3 Å². The summed E-state index contributed by atoms with van der Waals surface area (Å²) >= 11 is 0. The van der Waals surface area contributed by atoms with Crippen molar-refractivity contribution in [1.29, 1.82) is 0 Å². The van der Waals surface area contributed by atoms with Gasteiger partial charge in [-0.2, -0.15) is 0 Å². The Kier molecular flexibility index (Phi) is 6.67. The second-order valence-corrected chi connectivity index (χ2v) is 16.6. The SMILES string of the molecule is COc1ccc(CN2C[C@]3(C[C@@H](O[Si](C)(C)C(C)(C)C)CN3C(=O)OC(C)(C)C)C2=O)cc1. The van der Waals surface area contributed by atoms with Crippen LogP contribution in [0.2, 0.25) is 18.1 Å². The minimum atomic E-state index is -2.06. The van der Waals surface area contributed by atoms with Crippen LogP contribution in [-0.2, 0) is 20.5 Å². The van der Waals surface area contributed by atoms with Crippen molar-refractivity contribution in [3.63, 3.8) is 0 Å². The lowest BCUT2D eigenvalue weighted by Crippen LogP contribution is -2.72. The maximum Gasteiger partial charge on any atom is 0.411 e. The number of β-lactam (4-membered cyclic amide) rings is 1. The first kappa shape index (κ1) is 25.6. The van der Waals surface area contributed by atoms with E-state index < -0.39 is 25.6 Å². The van der Waals surface area contributed by atoms with E-state index in [0.29, 0.717) is 26.1 Å². The number of ether oxygens (including phenoxy) is 2. The molecule has 2 aliphatic heterocycles. The zero-order valence-corrected chi connectivity index (χ0v) is 22.7. The number of methoxy groups -OCH3 is 1. The first-order valence-electron chi connectivity index (χ1n) is 11.7. The lowest BCUT2D eigenvalue weighted by Gasteiger charge is -2.50. The van der Waals surface area contributed by atoms with Gasteiger partial charge in [-0.25, -0.2) is 4.79 Å². The Morgan fingerprint density at radius 1 is 1.12 bits per heavy atom. The molecule has 0 aromatic heterocycles. The van der Waals surface area contributed by atoms with Crippen LogP contribution in [0.1, 0.15) is 53.5 Å². The van der Waals surface area contributed by atoms with Gasteiger partial charge >= 0.3 is 6.09 Å². The zero-order valence-electron chi connectivity index (χ0n) is 21.7. The molecule has 33 heavy (non-hydrogen) atoms. The van der Waals surface area contributed by atoms with Gasteiger partial charge in [-0.15, -0.1) is 0 Å². The Balaban J connectivity index is 1.79. The van der Waals surface area contributed by atoms with Gasteiger partial charge in [-0.1, -0.05) is 32.9 Å². The van der Waals surface area contributed by atoms with E-state index in [2.05, 4.69) is 33.9 Å². The highest BCUT2D eigenvalue weighted by atomic mass is 28.4. The van der Waals surface area contributed by atoms with Crippen LogP contribution in [0.4, 0.5) is 4.79 Å². The Morgan fingerprint density at radius 2 is 1.73 bits per heavy atom. The lowest BCUT2D eigenvalue weighted by molar-refractivity contribution is -0.161. The summed E-state index contributed by atoms with van der Waals surface area (Å²) in [4.78, 5) is 30.1. The largest absolute Gasteiger partial charge is 0.497 e. The molecule has 2 saturated heterocycles. The predicted octanol–water partition coefficient (Wildman–Crippen LogP) is 4.81. The quantitative estimate of drug-likeness (QED) is 0.451. The number of nitrogens with zero attached hydrogens (tertiary/aromatic N) is 2. The van der Waals surface area contributed by atoms with E-state index in [4.69, 9.17) is 13.9 Å². The summed E-state index contributed by atoms with van der Waals surface area (Å²) < 4.78 is 17.5. The van der Waals surface area contributed by atoms with Crippen LogP contribution >= 0.6 is 0 Å². The van der Waals surface area contributed by atoms with Gasteiger partial charge in [-0.05, 0) is 56.6 Å². The minimum absolute atomic E-state index is 0.0366. The second-order valence-electron chi connectivity index (χ2n) is 11.8. The molecule has 3 rings (SSSR count). The molecule has 0 N–H and O–H groups in total. The molecular weight excluding hydrogens is 436 g/mol. The maximum atomic E-state index is 13.5. The van der Waals surface area contributed by atoms with Crippen LogP contribution in [0.25, 0.3) is 0 Å². The molecule has 0 aliphatic carbocycles. The molecule has 1 spiro atoms. The fraction of sp³-hybridized carbons (Fsp3) is 0.680. The van der Waals surface area contributed by atoms with Crippen molar-refractivity contribution in [2.75, 3.05) is 20.2 Å². The molecule has 1 aromatic carbocycles. The summed E-state index contributed by atoms with van der Waals surface area (Å²) in [7, 11) is -0.427. The average molecular weight is 477 g/mol. The molecule has 0 unspecified atom stereocenters. The summed E-state index contributed by atoms with van der Waals surface area (Å²) in [5, 5.41) is 0.0452. The number of likely N-dealkylation sites (tertiary alicyclic amines) is 2. The fourth-order valence-electron chi connectivity index (χ4n) is 4.26. The molecule has 0 bridgehead atoms. The van der Waals surface area contributed by atoms with E-state index in [1.54, 1.807) is 16.9 Å². The third-order valence-electron chi connectivity index (χ3n) is 7.02. The van der Waals surface area contributed by atoms with Gasteiger partial charge in [0.2, 0.25) is 0 Å². The van der Waals surface area contributed by atoms with E-state index in [9.17, 15) is 9.59 Å². The molecule has 2 fully saturated rings. The van der Waals surface area contributed by atoms with Gasteiger partial charge in [0.25, 0.3) is 5.91 Å². The Bertz CT molecular complexity index is 888. The van der Waals surface area contributed by atoms with Gasteiger partial charge in [-0.3, -0.25) is 9.69 Å². The third-order valence-corrected chi connectivity index (χ3v) is 11.6. The number of rotatable bonds is 5. The molecule has 0 saturated carbocycles. The van der Waals surface area contributed by atoms with Crippen molar-refractivity contribution in [3.05, 3.63) is 29.8 Å². The molecular formula is C25H40N2O5Si. The summed E-state index contributed by atoms with van der Waals surface area (Å²) in [6, 6.07) is 7.70. The summed E-state index contributed by atoms with van der Waals surface area (Å²) in [6.07, 6.45) is -0.108. The van der Waals surface area contributed by atoms with Crippen LogP contribution in [0.15, 0.2) is 24.3 Å². The van der Waals surface area contributed by atoms with Crippen LogP contribution in [0.5, 0.6) is 5.75 Å². The molecule has 8 heteroatoms. The first-order chi connectivity index (χ1) is 15.1. The normalized spacial score (nSPS) is 23.7. The Hall–Kier alpha value is -2.06. The first-order valence-corrected chi connectivity index (χ1v) is 14.6. The number of carbonyl (C=O) groups is 2. The molecule has 1 aromatic rings. The van der Waals surface area contributed by atoms with Crippen LogP contribution < -0.4 is 4.74 Å². The van der Waals surface area contributed by atoms with Crippen LogP contribution in [-0.4, -0.2) is 67.6 Å².